The van der Waals surface area contributed by atoms with E-state index in [4.69, 9.17) is 10.7 Å². The predicted molar refractivity (Wildman–Crippen MR) is 271 cm³/mol. The second kappa shape index (κ2) is 21.3. The van der Waals surface area contributed by atoms with E-state index in [-0.39, 0.29) is 47.6 Å². The van der Waals surface area contributed by atoms with Crippen LogP contribution in [0.3, 0.4) is 0 Å². The van der Waals surface area contributed by atoms with Crippen LogP contribution in [-0.4, -0.2) is 87.5 Å². The van der Waals surface area contributed by atoms with Crippen molar-refractivity contribution < 1.29 is 40.9 Å². The summed E-state index contributed by atoms with van der Waals surface area (Å²) in [5.74, 6) is -2.88. The second-order valence-corrected chi connectivity index (χ2v) is 19.8. The van der Waals surface area contributed by atoms with Crippen LogP contribution in [0.1, 0.15) is 68.7 Å². The molecule has 2 saturated carbocycles. The molecule has 10 rings (SSSR count). The number of aryl methyl sites for hydroxylation is 2. The minimum atomic E-state index is -1.67. The standard InChI is InChI=1S/C27H29F2N7O2.C25H23F2N5O3S/c1-15-6-9-17(25(37)31-13-16-7-8-16)12-18(15)22-19-14-32-27(38)36(23-20(28)4-3-5-21(23)29)24(19)34-26(33-22)35(2)11-10-30;1-13-6-9-15(23(33)28-11-14-7-8-14)10-16(13)20-17-12-29-25(34)32(21-18(26)4-3-5-19(21)27)22(17)31-24(30-20)36(2)35/h3-6,9,12,16H,7-8,10-11,13-14,30H2,1-2H3,(H,31,37)(H,32,38);3-6,9-10,14H,7-8,11-12H2,1-2H3,(H,28,33)(H,29,34). The molecule has 0 bridgehead atoms. The number of amides is 6. The van der Waals surface area contributed by atoms with Crippen LogP contribution in [0.15, 0.2) is 78.0 Å². The van der Waals surface area contributed by atoms with Crippen LogP contribution in [-0.2, 0) is 23.9 Å². The van der Waals surface area contributed by atoms with E-state index in [0.717, 1.165) is 70.9 Å². The molecule has 2 aliphatic heterocycles. The number of carbonyl (C=O) groups excluding carboxylic acids is 4. The summed E-state index contributed by atoms with van der Waals surface area (Å²) in [6.07, 6.45) is 5.83. The summed E-state index contributed by atoms with van der Waals surface area (Å²) in [6.45, 7) is 5.68. The maximum atomic E-state index is 14.9. The minimum Gasteiger partial charge on any atom is -0.352 e. The zero-order valence-electron chi connectivity index (χ0n) is 40.8. The van der Waals surface area contributed by atoms with Crippen molar-refractivity contribution in [1.29, 1.82) is 0 Å². The number of fused-ring (bicyclic) bond motifs is 2. The Hall–Kier alpha value is -7.85. The van der Waals surface area contributed by atoms with Gasteiger partial charge in [-0.05, 0) is 111 Å². The number of nitrogens with zero attached hydrogens (tertiary/aromatic N) is 7. The normalized spacial score (nSPS) is 15.2. The molecule has 74 heavy (non-hydrogen) atoms. The lowest BCUT2D eigenvalue weighted by molar-refractivity contribution is 0.0943. The Kier molecular flexibility index (Phi) is 14.7. The summed E-state index contributed by atoms with van der Waals surface area (Å²) < 4.78 is 71.6. The Balaban J connectivity index is 0.000000182. The highest BCUT2D eigenvalue weighted by atomic mass is 32.2. The fraction of sp³-hybridized carbons (Fsp3) is 0.308. The number of aromatic nitrogens is 4. The minimum absolute atomic E-state index is 0.0236. The number of rotatable bonds is 14. The van der Waals surface area contributed by atoms with Gasteiger partial charge in [0.1, 0.15) is 34.6 Å². The average Bonchev–Trinajstić information content (AvgIpc) is 4.33. The lowest BCUT2D eigenvalue weighted by Gasteiger charge is -2.32. The molecule has 17 nitrogen and oxygen atoms in total. The lowest BCUT2D eigenvalue weighted by atomic mass is 9.97. The van der Waals surface area contributed by atoms with Crippen molar-refractivity contribution in [1.82, 2.24) is 41.2 Å². The molecule has 1 unspecified atom stereocenters. The van der Waals surface area contributed by atoms with Crippen molar-refractivity contribution in [3.8, 4) is 22.5 Å². The van der Waals surface area contributed by atoms with E-state index in [0.29, 0.717) is 82.8 Å². The fourth-order valence-corrected chi connectivity index (χ4v) is 8.94. The van der Waals surface area contributed by atoms with Gasteiger partial charge in [-0.15, -0.1) is 0 Å². The number of likely N-dealkylation sites (N-methyl/N-ethyl adjacent to an activating group) is 1. The number of hydrogen-bond acceptors (Lipinski definition) is 11. The quantitative estimate of drug-likeness (QED) is 0.0528. The topological polar surface area (TPSA) is 221 Å². The van der Waals surface area contributed by atoms with Gasteiger partial charge in [-0.25, -0.2) is 51.9 Å². The number of hydrogen-bond donors (Lipinski definition) is 5. The Bertz CT molecular complexity index is 3230. The van der Waals surface area contributed by atoms with Gasteiger partial charge in [0.15, 0.2) is 11.6 Å². The number of nitrogens with one attached hydrogen (secondary N) is 4. The van der Waals surface area contributed by atoms with Gasteiger partial charge in [0.2, 0.25) is 11.1 Å². The van der Waals surface area contributed by atoms with Crippen molar-refractivity contribution in [3.63, 3.8) is 0 Å². The third-order valence-electron chi connectivity index (χ3n) is 13.0. The summed E-state index contributed by atoms with van der Waals surface area (Å²) in [7, 11) is 0.0661. The van der Waals surface area contributed by atoms with E-state index >= 15 is 0 Å². The Labute approximate surface area is 425 Å². The first-order valence-corrected chi connectivity index (χ1v) is 25.5. The zero-order chi connectivity index (χ0) is 52.5. The smallest absolute Gasteiger partial charge is 0.328 e. The van der Waals surface area contributed by atoms with Crippen molar-refractivity contribution in [2.75, 3.05) is 54.2 Å². The highest BCUT2D eigenvalue weighted by Gasteiger charge is 2.37. The van der Waals surface area contributed by atoms with Gasteiger partial charge in [-0.2, -0.15) is 4.98 Å². The van der Waals surface area contributed by atoms with E-state index in [1.807, 2.05) is 19.9 Å². The Morgan fingerprint density at radius 3 is 1.54 bits per heavy atom. The first-order chi connectivity index (χ1) is 35.5. The highest BCUT2D eigenvalue weighted by molar-refractivity contribution is 7.84. The van der Waals surface area contributed by atoms with Gasteiger partial charge < -0.3 is 31.9 Å². The first-order valence-electron chi connectivity index (χ1n) is 23.9. The van der Waals surface area contributed by atoms with Gasteiger partial charge in [-0.3, -0.25) is 13.8 Å². The van der Waals surface area contributed by atoms with Gasteiger partial charge in [0.05, 0.1) is 35.3 Å². The third kappa shape index (κ3) is 10.6. The molecule has 384 valence electrons. The SMILES string of the molecule is Cc1ccc(C(=O)NCC2CC2)cc1-c1nc(N(C)CCN)nc2c1CNC(=O)N2c1c(F)cccc1F.Cc1ccc(C(=O)NCC2CC2)cc1-c1nc(S(C)=O)nc2c1CNC(=O)N2c1c(F)cccc1F. The molecular weight excluding hydrogens is 981 g/mol. The highest BCUT2D eigenvalue weighted by Crippen LogP contribution is 2.41. The zero-order valence-corrected chi connectivity index (χ0v) is 41.6. The number of halogens is 4. The van der Waals surface area contributed by atoms with E-state index in [1.165, 1.54) is 18.4 Å². The number of benzene rings is 4. The summed E-state index contributed by atoms with van der Waals surface area (Å²) in [4.78, 5) is 72.9. The number of para-hydroxylation sites is 2. The maximum absolute atomic E-state index is 14.9. The van der Waals surface area contributed by atoms with Crippen molar-refractivity contribution in [2.24, 2.45) is 17.6 Å². The molecule has 4 heterocycles. The molecule has 0 spiro atoms. The largest absolute Gasteiger partial charge is 0.352 e. The Morgan fingerprint density at radius 1 is 0.689 bits per heavy atom. The number of carbonyl (C=O) groups is 4. The summed E-state index contributed by atoms with van der Waals surface area (Å²) >= 11 is 0. The van der Waals surface area contributed by atoms with Crippen LogP contribution in [0.4, 0.5) is 56.1 Å². The van der Waals surface area contributed by atoms with Crippen LogP contribution >= 0.6 is 0 Å². The van der Waals surface area contributed by atoms with Gasteiger partial charge in [0.25, 0.3) is 11.8 Å². The molecule has 2 aromatic heterocycles. The molecule has 22 heteroatoms. The van der Waals surface area contributed by atoms with Crippen molar-refractivity contribution in [2.45, 2.75) is 57.8 Å². The maximum Gasteiger partial charge on any atom is 0.328 e. The molecule has 6 amide bonds. The van der Waals surface area contributed by atoms with Crippen molar-refractivity contribution >= 4 is 63.6 Å². The molecule has 0 saturated heterocycles. The first kappa shape index (κ1) is 51.1. The van der Waals surface area contributed by atoms with Crippen LogP contribution < -0.4 is 41.7 Å². The molecule has 4 aromatic carbocycles. The van der Waals surface area contributed by atoms with E-state index < -0.39 is 57.5 Å². The van der Waals surface area contributed by atoms with Crippen LogP contribution in [0.5, 0.6) is 0 Å². The lowest BCUT2D eigenvalue weighted by Crippen LogP contribution is -2.43. The van der Waals surface area contributed by atoms with Gasteiger partial charge in [-0.1, -0.05) is 24.3 Å². The van der Waals surface area contributed by atoms with Crippen LogP contribution in [0, 0.1) is 49.0 Å². The molecule has 2 aliphatic carbocycles. The molecule has 6 N–H and O–H groups in total. The molecule has 0 radical (unpaired) electrons. The molecular formula is C52H52F4N12O5S. The summed E-state index contributed by atoms with van der Waals surface area (Å²) in [6, 6.07) is 15.6. The van der Waals surface area contributed by atoms with E-state index in [1.54, 1.807) is 42.3 Å². The van der Waals surface area contributed by atoms with Gasteiger partial charge in [0, 0.05) is 72.9 Å². The number of anilines is 5. The van der Waals surface area contributed by atoms with E-state index in [9.17, 15) is 40.9 Å². The van der Waals surface area contributed by atoms with Crippen LogP contribution in [0.25, 0.3) is 22.5 Å². The molecule has 2 fully saturated rings. The fourth-order valence-electron chi connectivity index (χ4n) is 8.50. The monoisotopic (exact) mass is 1030 g/mol. The summed E-state index contributed by atoms with van der Waals surface area (Å²) in [5.41, 5.74) is 9.92. The second-order valence-electron chi connectivity index (χ2n) is 18.5. The summed E-state index contributed by atoms with van der Waals surface area (Å²) in [5, 5.41) is 11.1. The molecule has 4 aliphatic rings. The molecule has 6 aromatic rings. The van der Waals surface area contributed by atoms with Crippen molar-refractivity contribution in [3.05, 3.63) is 129 Å². The van der Waals surface area contributed by atoms with Gasteiger partial charge >= 0.3 is 12.1 Å². The molecule has 1 atom stereocenters. The average molecular weight is 1030 g/mol. The predicted octanol–water partition coefficient (Wildman–Crippen LogP) is 7.59. The third-order valence-corrected chi connectivity index (χ3v) is 13.7. The number of urea groups is 2. The van der Waals surface area contributed by atoms with Crippen LogP contribution in [0.2, 0.25) is 0 Å². The Morgan fingerprint density at radius 2 is 1.12 bits per heavy atom. The number of nitrogens with two attached hydrogens (primary N) is 1. The van der Waals surface area contributed by atoms with E-state index in [2.05, 4.69) is 36.2 Å².